The van der Waals surface area contributed by atoms with Gasteiger partial charge >= 0.3 is 0 Å². The zero-order valence-electron chi connectivity index (χ0n) is 14.9. The molecule has 0 N–H and O–H groups in total. The highest BCUT2D eigenvalue weighted by molar-refractivity contribution is 5.94. The van der Waals surface area contributed by atoms with Crippen molar-refractivity contribution in [1.82, 2.24) is 19.7 Å². The largest absolute Gasteiger partial charge is 0.382 e. The molecule has 1 atom stereocenters. The zero-order chi connectivity index (χ0) is 18.4. The summed E-state index contributed by atoms with van der Waals surface area (Å²) >= 11 is 0. The lowest BCUT2D eigenvalue weighted by Crippen LogP contribution is -2.34. The maximum Gasteiger partial charge on any atom is 0.254 e. The van der Waals surface area contributed by atoms with Crippen molar-refractivity contribution in [2.75, 3.05) is 20.8 Å². The van der Waals surface area contributed by atoms with E-state index in [0.717, 1.165) is 11.3 Å². The maximum absolute atomic E-state index is 13.0. The van der Waals surface area contributed by atoms with E-state index in [1.54, 1.807) is 31.5 Å². The van der Waals surface area contributed by atoms with Crippen LogP contribution in [0.15, 0.2) is 67.1 Å². The molecule has 0 saturated carbocycles. The first-order valence-electron chi connectivity index (χ1n) is 8.42. The Hall–Kier alpha value is -2.99. The van der Waals surface area contributed by atoms with E-state index >= 15 is 0 Å². The Labute approximate surface area is 153 Å². The molecule has 1 amide bonds. The van der Waals surface area contributed by atoms with Crippen molar-refractivity contribution in [3.63, 3.8) is 0 Å². The van der Waals surface area contributed by atoms with Gasteiger partial charge in [0.1, 0.15) is 0 Å². The van der Waals surface area contributed by atoms with Crippen LogP contribution in [0.5, 0.6) is 0 Å². The third-order valence-corrected chi connectivity index (χ3v) is 4.22. The van der Waals surface area contributed by atoms with Gasteiger partial charge in [0, 0.05) is 38.3 Å². The van der Waals surface area contributed by atoms with Gasteiger partial charge in [-0.05, 0) is 35.9 Å². The summed E-state index contributed by atoms with van der Waals surface area (Å²) in [5, 5.41) is 4.21. The molecule has 6 nitrogen and oxygen atoms in total. The van der Waals surface area contributed by atoms with Crippen LogP contribution in [0.2, 0.25) is 0 Å². The van der Waals surface area contributed by atoms with Crippen molar-refractivity contribution in [2.45, 2.75) is 12.6 Å². The molecule has 0 aliphatic carbocycles. The highest BCUT2D eigenvalue weighted by Gasteiger charge is 2.23. The highest BCUT2D eigenvalue weighted by Crippen LogP contribution is 2.20. The number of aromatic nitrogens is 3. The summed E-state index contributed by atoms with van der Waals surface area (Å²) in [6, 6.07) is 14.9. The van der Waals surface area contributed by atoms with Gasteiger partial charge in [-0.1, -0.05) is 18.2 Å². The van der Waals surface area contributed by atoms with E-state index in [1.807, 2.05) is 59.4 Å². The molecule has 26 heavy (non-hydrogen) atoms. The lowest BCUT2D eigenvalue weighted by molar-refractivity contribution is 0.0595. The van der Waals surface area contributed by atoms with Gasteiger partial charge in [-0.2, -0.15) is 5.10 Å². The molecule has 134 valence electrons. The molecule has 1 unspecified atom stereocenters. The number of likely N-dealkylation sites (N-methyl/N-ethyl adjacent to an activating group) is 1. The molecule has 0 aliphatic heterocycles. The average Bonchev–Trinajstić information content (AvgIpc) is 3.19. The number of methoxy groups -OCH3 is 1. The number of rotatable bonds is 7. The van der Waals surface area contributed by atoms with Crippen LogP contribution in [0.1, 0.15) is 27.7 Å². The minimum absolute atomic E-state index is 0.0694. The molecular formula is C20H22N4O2. The fourth-order valence-corrected chi connectivity index (χ4v) is 2.86. The summed E-state index contributed by atoms with van der Waals surface area (Å²) < 4.78 is 7.14. The van der Waals surface area contributed by atoms with E-state index in [2.05, 4.69) is 10.1 Å². The van der Waals surface area contributed by atoms with E-state index in [9.17, 15) is 4.79 Å². The predicted molar refractivity (Wildman–Crippen MR) is 98.7 cm³/mol. The lowest BCUT2D eigenvalue weighted by Gasteiger charge is -2.27. The number of pyridine rings is 1. The molecule has 6 heteroatoms. The van der Waals surface area contributed by atoms with Crippen molar-refractivity contribution in [1.29, 1.82) is 0 Å². The Bertz CT molecular complexity index is 834. The van der Waals surface area contributed by atoms with Crippen LogP contribution in [-0.2, 0) is 11.3 Å². The lowest BCUT2D eigenvalue weighted by atomic mass is 10.1. The number of amides is 1. The van der Waals surface area contributed by atoms with Crippen LogP contribution >= 0.6 is 0 Å². The molecule has 1 aromatic carbocycles. The molecule has 2 aromatic heterocycles. The smallest absolute Gasteiger partial charge is 0.254 e. The summed E-state index contributed by atoms with van der Waals surface area (Å²) in [6.45, 7) is 1.01. The number of hydrogen-bond donors (Lipinski definition) is 0. The number of carbonyl (C=O) groups is 1. The van der Waals surface area contributed by atoms with Gasteiger partial charge in [0.25, 0.3) is 5.91 Å². The minimum Gasteiger partial charge on any atom is -0.382 e. The molecule has 3 aromatic rings. The Kier molecular flexibility index (Phi) is 5.76. The Morgan fingerprint density at radius 3 is 2.77 bits per heavy atom. The highest BCUT2D eigenvalue weighted by atomic mass is 16.5. The Morgan fingerprint density at radius 2 is 2.08 bits per heavy atom. The molecular weight excluding hydrogens is 328 g/mol. The number of ether oxygens (including phenoxy) is 1. The van der Waals surface area contributed by atoms with Gasteiger partial charge in [-0.15, -0.1) is 0 Å². The Morgan fingerprint density at radius 1 is 1.19 bits per heavy atom. The summed E-state index contributed by atoms with van der Waals surface area (Å²) in [4.78, 5) is 19.1. The van der Waals surface area contributed by atoms with Gasteiger partial charge in [-0.25, -0.2) is 0 Å². The second-order valence-corrected chi connectivity index (χ2v) is 6.05. The monoisotopic (exact) mass is 350 g/mol. The first kappa shape index (κ1) is 17.8. The van der Waals surface area contributed by atoms with Crippen molar-refractivity contribution < 1.29 is 9.53 Å². The molecule has 2 heterocycles. The summed E-state index contributed by atoms with van der Waals surface area (Å²) in [5.41, 5.74) is 2.46. The van der Waals surface area contributed by atoms with Crippen LogP contribution < -0.4 is 0 Å². The Balaban J connectivity index is 1.80. The predicted octanol–water partition coefficient (Wildman–Crippen LogP) is 2.79. The van der Waals surface area contributed by atoms with Gasteiger partial charge in [0.15, 0.2) is 0 Å². The molecule has 0 fully saturated rings. The van der Waals surface area contributed by atoms with Gasteiger partial charge < -0.3 is 9.64 Å². The van der Waals surface area contributed by atoms with Crippen molar-refractivity contribution in [3.8, 4) is 0 Å². The fraction of sp³-hybridized carbons (Fsp3) is 0.250. The number of benzene rings is 1. The second-order valence-electron chi connectivity index (χ2n) is 6.05. The van der Waals surface area contributed by atoms with Crippen molar-refractivity contribution in [2.24, 2.45) is 0 Å². The first-order chi connectivity index (χ1) is 12.7. The number of nitrogens with zero attached hydrogens (tertiary/aromatic N) is 4. The van der Waals surface area contributed by atoms with Crippen molar-refractivity contribution in [3.05, 3.63) is 83.9 Å². The van der Waals surface area contributed by atoms with E-state index in [4.69, 9.17) is 4.74 Å². The van der Waals surface area contributed by atoms with Crippen LogP contribution in [0.3, 0.4) is 0 Å². The second kappa shape index (κ2) is 8.40. The summed E-state index contributed by atoms with van der Waals surface area (Å²) in [6.07, 6.45) is 5.36. The van der Waals surface area contributed by atoms with Crippen LogP contribution in [0.4, 0.5) is 0 Å². The van der Waals surface area contributed by atoms with Crippen LogP contribution in [0, 0.1) is 0 Å². The SMILES string of the molecule is COCC(c1ccccn1)N(C)C(=O)c1cccc(Cn2cccn2)c1. The van der Waals surface area contributed by atoms with Crippen LogP contribution in [0.25, 0.3) is 0 Å². The molecule has 0 saturated heterocycles. The van der Waals surface area contributed by atoms with E-state index in [1.165, 1.54) is 0 Å². The molecule has 0 radical (unpaired) electrons. The molecule has 0 bridgehead atoms. The number of hydrogen-bond acceptors (Lipinski definition) is 4. The van der Waals surface area contributed by atoms with E-state index < -0.39 is 0 Å². The first-order valence-corrected chi connectivity index (χ1v) is 8.42. The molecule has 0 spiro atoms. The van der Waals surface area contributed by atoms with Crippen LogP contribution in [-0.4, -0.2) is 46.3 Å². The fourth-order valence-electron chi connectivity index (χ4n) is 2.86. The topological polar surface area (TPSA) is 60.2 Å². The van der Waals surface area contributed by atoms with Gasteiger partial charge in [-0.3, -0.25) is 14.5 Å². The molecule has 3 rings (SSSR count). The standard InChI is InChI=1S/C20H22N4O2/c1-23(19(15-26-2)18-9-3-4-10-21-18)20(25)17-8-5-7-16(13-17)14-24-12-6-11-22-24/h3-13,19H,14-15H2,1-2H3. The quantitative estimate of drug-likeness (QED) is 0.657. The third-order valence-electron chi connectivity index (χ3n) is 4.22. The van der Waals surface area contributed by atoms with E-state index in [0.29, 0.717) is 18.7 Å². The van der Waals surface area contributed by atoms with Crippen molar-refractivity contribution >= 4 is 5.91 Å². The normalized spacial score (nSPS) is 11.9. The average molecular weight is 350 g/mol. The van der Waals surface area contributed by atoms with E-state index in [-0.39, 0.29) is 11.9 Å². The van der Waals surface area contributed by atoms with Gasteiger partial charge in [0.05, 0.1) is 24.9 Å². The van der Waals surface area contributed by atoms with Gasteiger partial charge in [0.2, 0.25) is 0 Å². The third kappa shape index (κ3) is 4.15. The minimum atomic E-state index is -0.247. The summed E-state index contributed by atoms with van der Waals surface area (Å²) in [7, 11) is 3.40. The summed E-state index contributed by atoms with van der Waals surface area (Å²) in [5.74, 6) is -0.0694. The number of carbonyl (C=O) groups excluding carboxylic acids is 1. The molecule has 0 aliphatic rings. The zero-order valence-corrected chi connectivity index (χ0v) is 14.9. The maximum atomic E-state index is 13.0.